The molecular formula is C33H36F3N3O5. The number of likely N-dealkylation sites (tertiary alicyclic amines) is 1. The van der Waals surface area contributed by atoms with Crippen LogP contribution in [0.1, 0.15) is 47.3 Å². The van der Waals surface area contributed by atoms with Crippen molar-refractivity contribution < 1.29 is 37.8 Å². The number of phenolic OH excluding ortho intramolecular Hbond substituents is 1. The highest BCUT2D eigenvalue weighted by molar-refractivity contribution is 5.97. The molecule has 44 heavy (non-hydrogen) atoms. The SMILES string of the molecule is Cc1c(O)cccc1C(=O)N[C@@H](CCc1ccccc1)[C@H](O)C(=O)N1CC(F)(F)C(C)(C)[C@H]1C(=O)NCc1ccccc1F. The number of aryl methyl sites for hydroxylation is 1. The molecule has 0 aliphatic carbocycles. The fourth-order valence-electron chi connectivity index (χ4n) is 5.43. The molecule has 1 fully saturated rings. The number of nitrogens with one attached hydrogen (secondary N) is 2. The normalized spacial score (nSPS) is 18.3. The maximum Gasteiger partial charge on any atom is 0.272 e. The van der Waals surface area contributed by atoms with Crippen LogP contribution in [0.3, 0.4) is 0 Å². The Kier molecular flexibility index (Phi) is 9.68. The standard InChI is InChI=1S/C33H36F3N3O5/c1-20-23(13-9-15-26(20)40)29(42)38-25(17-16-21-10-5-4-6-11-21)27(41)31(44)39-19-33(35,36)32(2,3)28(39)30(43)37-18-22-12-7-8-14-24(22)34/h4-15,25,27-28,40-41H,16-19H2,1-3H3,(H,37,43)(H,38,42)/t25-,27-,28+/m0/s1. The first-order chi connectivity index (χ1) is 20.7. The van der Waals surface area contributed by atoms with Crippen LogP contribution >= 0.6 is 0 Å². The van der Waals surface area contributed by atoms with Gasteiger partial charge in [-0.15, -0.1) is 0 Å². The summed E-state index contributed by atoms with van der Waals surface area (Å²) in [5.74, 6) is -7.01. The average Bonchev–Trinajstić information content (AvgIpc) is 3.18. The molecule has 4 rings (SSSR count). The van der Waals surface area contributed by atoms with E-state index >= 15 is 8.78 Å². The van der Waals surface area contributed by atoms with Gasteiger partial charge in [-0.1, -0.05) is 68.4 Å². The summed E-state index contributed by atoms with van der Waals surface area (Å²) in [5.41, 5.74) is -0.677. The number of halogens is 3. The van der Waals surface area contributed by atoms with E-state index in [9.17, 15) is 29.0 Å². The van der Waals surface area contributed by atoms with Gasteiger partial charge in [-0.3, -0.25) is 14.4 Å². The minimum atomic E-state index is -3.51. The van der Waals surface area contributed by atoms with Crippen LogP contribution in [0.2, 0.25) is 0 Å². The first-order valence-electron chi connectivity index (χ1n) is 14.3. The number of nitrogens with zero attached hydrogens (tertiary/aromatic N) is 1. The van der Waals surface area contributed by atoms with E-state index in [0.29, 0.717) is 11.3 Å². The molecule has 0 aromatic heterocycles. The molecule has 3 amide bonds. The summed E-state index contributed by atoms with van der Waals surface area (Å²) in [5, 5.41) is 26.5. The lowest BCUT2D eigenvalue weighted by molar-refractivity contribution is -0.148. The largest absolute Gasteiger partial charge is 0.508 e. The van der Waals surface area contributed by atoms with Crippen LogP contribution in [0.25, 0.3) is 0 Å². The maximum absolute atomic E-state index is 15.3. The first kappa shape index (κ1) is 32.5. The van der Waals surface area contributed by atoms with Crippen molar-refractivity contribution in [3.63, 3.8) is 0 Å². The van der Waals surface area contributed by atoms with E-state index in [1.54, 1.807) is 18.2 Å². The van der Waals surface area contributed by atoms with Crippen molar-refractivity contribution in [2.75, 3.05) is 6.54 Å². The van der Waals surface area contributed by atoms with E-state index in [-0.39, 0.29) is 35.4 Å². The smallest absolute Gasteiger partial charge is 0.272 e. The number of hydrogen-bond donors (Lipinski definition) is 4. The summed E-state index contributed by atoms with van der Waals surface area (Å²) < 4.78 is 44.8. The number of hydrogen-bond acceptors (Lipinski definition) is 5. The van der Waals surface area contributed by atoms with Crippen molar-refractivity contribution in [2.24, 2.45) is 5.41 Å². The number of phenols is 1. The van der Waals surface area contributed by atoms with Gasteiger partial charge < -0.3 is 25.7 Å². The zero-order valence-electron chi connectivity index (χ0n) is 24.7. The molecule has 11 heteroatoms. The van der Waals surface area contributed by atoms with Crippen LogP contribution in [0, 0.1) is 18.2 Å². The Morgan fingerprint density at radius 3 is 2.34 bits per heavy atom. The van der Waals surface area contributed by atoms with Crippen LogP contribution in [0.5, 0.6) is 5.75 Å². The molecule has 1 aliphatic heterocycles. The van der Waals surface area contributed by atoms with Crippen molar-refractivity contribution in [1.29, 1.82) is 0 Å². The van der Waals surface area contributed by atoms with Crippen LogP contribution in [-0.2, 0) is 22.6 Å². The Labute approximate surface area is 253 Å². The summed E-state index contributed by atoms with van der Waals surface area (Å²) in [7, 11) is 0. The Morgan fingerprint density at radius 1 is 1.00 bits per heavy atom. The predicted octanol–water partition coefficient (Wildman–Crippen LogP) is 4.12. The molecule has 0 spiro atoms. The number of amides is 3. The Hall–Kier alpha value is -4.38. The fourth-order valence-corrected chi connectivity index (χ4v) is 5.43. The zero-order valence-corrected chi connectivity index (χ0v) is 24.7. The number of aliphatic hydroxyl groups excluding tert-OH is 1. The van der Waals surface area contributed by atoms with Crippen LogP contribution in [0.4, 0.5) is 13.2 Å². The van der Waals surface area contributed by atoms with Gasteiger partial charge >= 0.3 is 0 Å². The van der Waals surface area contributed by atoms with Gasteiger partial charge in [0.25, 0.3) is 17.7 Å². The van der Waals surface area contributed by atoms with Gasteiger partial charge in [-0.2, -0.15) is 0 Å². The second kappa shape index (κ2) is 13.1. The molecule has 0 bridgehead atoms. The van der Waals surface area contributed by atoms with Crippen molar-refractivity contribution in [3.05, 3.63) is 101 Å². The van der Waals surface area contributed by atoms with Crippen molar-refractivity contribution >= 4 is 17.7 Å². The minimum absolute atomic E-state index is 0.0539. The van der Waals surface area contributed by atoms with Crippen molar-refractivity contribution in [1.82, 2.24) is 15.5 Å². The third kappa shape index (κ3) is 6.72. The van der Waals surface area contributed by atoms with Gasteiger partial charge in [0.1, 0.15) is 17.6 Å². The lowest BCUT2D eigenvalue weighted by atomic mass is 9.81. The molecule has 3 atom stereocenters. The predicted molar refractivity (Wildman–Crippen MR) is 157 cm³/mol. The highest BCUT2D eigenvalue weighted by Gasteiger charge is 2.64. The van der Waals surface area contributed by atoms with Gasteiger partial charge in [-0.05, 0) is 43.5 Å². The Balaban J connectivity index is 1.60. The maximum atomic E-state index is 15.3. The third-order valence-electron chi connectivity index (χ3n) is 8.34. The van der Waals surface area contributed by atoms with E-state index in [0.717, 1.165) is 19.4 Å². The summed E-state index contributed by atoms with van der Waals surface area (Å²) in [6, 6.07) is 16.1. The summed E-state index contributed by atoms with van der Waals surface area (Å²) >= 11 is 0. The lowest BCUT2D eigenvalue weighted by Gasteiger charge is -2.34. The quantitative estimate of drug-likeness (QED) is 0.275. The number of aliphatic hydroxyl groups is 1. The van der Waals surface area contributed by atoms with Gasteiger partial charge in [0.05, 0.1) is 18.0 Å². The van der Waals surface area contributed by atoms with Crippen molar-refractivity contribution in [2.45, 2.75) is 64.3 Å². The van der Waals surface area contributed by atoms with Gasteiger partial charge in [0.2, 0.25) is 5.91 Å². The summed E-state index contributed by atoms with van der Waals surface area (Å²) in [6.07, 6.45) is -1.62. The number of carbonyl (C=O) groups excluding carboxylic acids is 3. The monoisotopic (exact) mass is 611 g/mol. The Morgan fingerprint density at radius 2 is 1.66 bits per heavy atom. The molecule has 1 saturated heterocycles. The highest BCUT2D eigenvalue weighted by atomic mass is 19.3. The molecule has 234 valence electrons. The van der Waals surface area contributed by atoms with Crippen LogP contribution in [-0.4, -0.2) is 63.5 Å². The van der Waals surface area contributed by atoms with Gasteiger partial charge in [-0.25, -0.2) is 13.2 Å². The van der Waals surface area contributed by atoms with E-state index in [1.807, 2.05) is 18.2 Å². The molecule has 1 heterocycles. The van der Waals surface area contributed by atoms with E-state index in [4.69, 9.17) is 0 Å². The summed E-state index contributed by atoms with van der Waals surface area (Å²) in [4.78, 5) is 41.0. The van der Waals surface area contributed by atoms with Crippen LogP contribution < -0.4 is 10.6 Å². The number of benzene rings is 3. The van der Waals surface area contributed by atoms with Crippen molar-refractivity contribution in [3.8, 4) is 5.75 Å². The van der Waals surface area contributed by atoms with E-state index < -0.39 is 59.6 Å². The molecule has 4 N–H and O–H groups in total. The minimum Gasteiger partial charge on any atom is -0.508 e. The molecule has 0 saturated carbocycles. The zero-order chi connectivity index (χ0) is 32.2. The number of alkyl halides is 2. The Bertz CT molecular complexity index is 1520. The molecule has 0 radical (unpaired) electrons. The fraction of sp³-hybridized carbons (Fsp3) is 0.364. The number of aromatic hydroxyl groups is 1. The lowest BCUT2D eigenvalue weighted by Crippen LogP contribution is -2.57. The number of carbonyl (C=O) groups is 3. The second-order valence-electron chi connectivity index (χ2n) is 11.6. The number of rotatable bonds is 10. The average molecular weight is 612 g/mol. The second-order valence-corrected chi connectivity index (χ2v) is 11.6. The molecule has 8 nitrogen and oxygen atoms in total. The highest BCUT2D eigenvalue weighted by Crippen LogP contribution is 2.48. The third-order valence-corrected chi connectivity index (χ3v) is 8.34. The van der Waals surface area contributed by atoms with E-state index in [2.05, 4.69) is 10.6 Å². The molecule has 3 aromatic carbocycles. The molecule has 3 aromatic rings. The van der Waals surface area contributed by atoms with Crippen LogP contribution in [0.15, 0.2) is 72.8 Å². The molecule has 1 aliphatic rings. The molecule has 0 unspecified atom stereocenters. The van der Waals surface area contributed by atoms with Gasteiger partial charge in [0.15, 0.2) is 6.10 Å². The molecular weight excluding hydrogens is 575 g/mol. The van der Waals surface area contributed by atoms with E-state index in [1.165, 1.54) is 43.3 Å². The first-order valence-corrected chi connectivity index (χ1v) is 14.3. The topological polar surface area (TPSA) is 119 Å². The summed E-state index contributed by atoms with van der Waals surface area (Å²) in [6.45, 7) is 2.40. The van der Waals surface area contributed by atoms with Gasteiger partial charge in [0, 0.05) is 23.2 Å².